The number of halogens is 1. The first-order valence-corrected chi connectivity index (χ1v) is 8.02. The van der Waals surface area contributed by atoms with Crippen LogP contribution in [0.1, 0.15) is 23.3 Å². The number of anilines is 1. The van der Waals surface area contributed by atoms with Gasteiger partial charge in [0.15, 0.2) is 0 Å². The lowest BCUT2D eigenvalue weighted by atomic mass is 10.1. The number of nitrogens with one attached hydrogen (secondary N) is 1. The molecule has 0 radical (unpaired) electrons. The van der Waals surface area contributed by atoms with E-state index in [2.05, 4.69) is 16.8 Å². The van der Waals surface area contributed by atoms with Crippen molar-refractivity contribution in [3.63, 3.8) is 0 Å². The van der Waals surface area contributed by atoms with E-state index in [1.165, 1.54) is 4.88 Å². The molecule has 112 valence electrons. The molecule has 0 aliphatic carbocycles. The van der Waals surface area contributed by atoms with Crippen molar-refractivity contribution in [3.05, 3.63) is 45.1 Å². The molecule has 3 nitrogen and oxygen atoms in total. The summed E-state index contributed by atoms with van der Waals surface area (Å²) in [5, 5.41) is 5.57. The summed E-state index contributed by atoms with van der Waals surface area (Å²) in [7, 11) is 1.56. The van der Waals surface area contributed by atoms with Gasteiger partial charge in [-0.2, -0.15) is 0 Å². The average Bonchev–Trinajstić information content (AvgIpc) is 2.96. The van der Waals surface area contributed by atoms with Crippen LogP contribution < -0.4 is 10.1 Å². The molecule has 0 saturated carbocycles. The molecule has 0 spiro atoms. The van der Waals surface area contributed by atoms with Gasteiger partial charge >= 0.3 is 0 Å². The molecular formula is C16H18ClNO2S. The lowest BCUT2D eigenvalue weighted by Gasteiger charge is -2.12. The Kier molecular flexibility index (Phi) is 5.65. The first-order chi connectivity index (χ1) is 10.1. The van der Waals surface area contributed by atoms with Crippen LogP contribution in [-0.2, 0) is 11.2 Å². The van der Waals surface area contributed by atoms with E-state index in [0.29, 0.717) is 22.9 Å². The van der Waals surface area contributed by atoms with Gasteiger partial charge in [0.2, 0.25) is 5.91 Å². The Balaban J connectivity index is 1.91. The summed E-state index contributed by atoms with van der Waals surface area (Å²) >= 11 is 7.77. The van der Waals surface area contributed by atoms with Crippen LogP contribution >= 0.6 is 22.9 Å². The molecule has 0 saturated heterocycles. The molecule has 1 aromatic heterocycles. The number of amides is 1. The maximum Gasteiger partial charge on any atom is 0.224 e. The normalized spacial score (nSPS) is 10.4. The zero-order valence-corrected chi connectivity index (χ0v) is 13.7. The van der Waals surface area contributed by atoms with Gasteiger partial charge in [0.1, 0.15) is 5.75 Å². The maximum atomic E-state index is 12.0. The lowest BCUT2D eigenvalue weighted by Crippen LogP contribution is -2.12. The number of rotatable bonds is 6. The van der Waals surface area contributed by atoms with Crippen molar-refractivity contribution < 1.29 is 9.53 Å². The highest BCUT2D eigenvalue weighted by Crippen LogP contribution is 2.31. The summed E-state index contributed by atoms with van der Waals surface area (Å²) < 4.78 is 5.25. The van der Waals surface area contributed by atoms with Gasteiger partial charge in [0, 0.05) is 22.4 Å². The minimum atomic E-state index is -0.00780. The zero-order chi connectivity index (χ0) is 15.2. The molecule has 5 heteroatoms. The molecule has 1 N–H and O–H groups in total. The number of benzene rings is 1. The molecule has 2 aromatic rings. The molecule has 0 aliphatic rings. The van der Waals surface area contributed by atoms with Gasteiger partial charge in [0.25, 0.3) is 0 Å². The molecule has 0 atom stereocenters. The molecule has 1 heterocycles. The molecule has 21 heavy (non-hydrogen) atoms. The Morgan fingerprint density at radius 2 is 2.24 bits per heavy atom. The van der Waals surface area contributed by atoms with E-state index < -0.39 is 0 Å². The first-order valence-electron chi connectivity index (χ1n) is 6.76. The third-order valence-corrected chi connectivity index (χ3v) is 4.51. The summed E-state index contributed by atoms with van der Waals surface area (Å²) in [5.74, 6) is 0.573. The van der Waals surface area contributed by atoms with Crippen LogP contribution in [0.3, 0.4) is 0 Å². The number of aryl methyl sites for hydroxylation is 2. The Bertz CT molecular complexity index is 611. The van der Waals surface area contributed by atoms with E-state index in [0.717, 1.165) is 18.4 Å². The predicted molar refractivity (Wildman–Crippen MR) is 88.6 cm³/mol. The smallest absolute Gasteiger partial charge is 0.224 e. The van der Waals surface area contributed by atoms with Crippen LogP contribution in [-0.4, -0.2) is 13.0 Å². The first kappa shape index (κ1) is 15.9. The summed E-state index contributed by atoms with van der Waals surface area (Å²) in [6.45, 7) is 1.90. The van der Waals surface area contributed by atoms with Crippen molar-refractivity contribution >= 4 is 34.5 Å². The van der Waals surface area contributed by atoms with Crippen LogP contribution in [0.4, 0.5) is 5.69 Å². The standard InChI is InChI=1S/C16H18ClNO2S/c1-11-9-14(15(20-2)10-13(11)17)18-16(19)7-3-5-12-6-4-8-21-12/h4,6,8-10H,3,5,7H2,1-2H3,(H,18,19). The van der Waals surface area contributed by atoms with Crippen molar-refractivity contribution in [2.45, 2.75) is 26.2 Å². The highest BCUT2D eigenvalue weighted by Gasteiger charge is 2.10. The third kappa shape index (κ3) is 4.48. The number of methoxy groups -OCH3 is 1. The van der Waals surface area contributed by atoms with Crippen molar-refractivity contribution in [1.29, 1.82) is 0 Å². The van der Waals surface area contributed by atoms with Gasteiger partial charge in [-0.1, -0.05) is 17.7 Å². The summed E-state index contributed by atoms with van der Waals surface area (Å²) in [5.41, 5.74) is 1.58. The SMILES string of the molecule is COc1cc(Cl)c(C)cc1NC(=O)CCCc1cccs1. The van der Waals surface area contributed by atoms with Crippen LogP contribution in [0.15, 0.2) is 29.6 Å². The zero-order valence-electron chi connectivity index (χ0n) is 12.1. The highest BCUT2D eigenvalue weighted by molar-refractivity contribution is 7.09. The lowest BCUT2D eigenvalue weighted by molar-refractivity contribution is -0.116. The summed E-state index contributed by atoms with van der Waals surface area (Å²) in [6, 6.07) is 7.67. The second kappa shape index (κ2) is 7.48. The van der Waals surface area contributed by atoms with Crippen LogP contribution in [0.2, 0.25) is 5.02 Å². The van der Waals surface area contributed by atoms with Gasteiger partial charge in [-0.15, -0.1) is 11.3 Å². The Hall–Kier alpha value is -1.52. The quantitative estimate of drug-likeness (QED) is 0.838. The largest absolute Gasteiger partial charge is 0.495 e. The molecule has 0 fully saturated rings. The Labute approximate surface area is 133 Å². The summed E-state index contributed by atoms with van der Waals surface area (Å²) in [4.78, 5) is 13.3. The van der Waals surface area contributed by atoms with Crippen molar-refractivity contribution in [3.8, 4) is 5.75 Å². The molecule has 0 unspecified atom stereocenters. The number of carbonyl (C=O) groups is 1. The van der Waals surface area contributed by atoms with E-state index in [9.17, 15) is 4.79 Å². The second-order valence-corrected chi connectivity index (χ2v) is 6.22. The Morgan fingerprint density at radius 3 is 2.90 bits per heavy atom. The second-order valence-electron chi connectivity index (χ2n) is 4.78. The van der Waals surface area contributed by atoms with Crippen LogP contribution in [0.25, 0.3) is 0 Å². The molecule has 1 amide bonds. The van der Waals surface area contributed by atoms with Gasteiger partial charge in [-0.3, -0.25) is 4.79 Å². The number of ether oxygens (including phenoxy) is 1. The predicted octanol–water partition coefficient (Wildman–Crippen LogP) is 4.68. The topological polar surface area (TPSA) is 38.3 Å². The fourth-order valence-corrected chi connectivity index (χ4v) is 2.93. The molecule has 0 aliphatic heterocycles. The number of thiophene rings is 1. The van der Waals surface area contributed by atoms with Gasteiger partial charge < -0.3 is 10.1 Å². The molecule has 2 rings (SSSR count). The van der Waals surface area contributed by atoms with Gasteiger partial charge in [0.05, 0.1) is 12.8 Å². The van der Waals surface area contributed by atoms with E-state index >= 15 is 0 Å². The molecule has 1 aromatic carbocycles. The van der Waals surface area contributed by atoms with Crippen LogP contribution in [0.5, 0.6) is 5.75 Å². The fourth-order valence-electron chi connectivity index (χ4n) is 2.02. The van der Waals surface area contributed by atoms with E-state index in [-0.39, 0.29) is 5.91 Å². The number of carbonyl (C=O) groups excluding carboxylic acids is 1. The van der Waals surface area contributed by atoms with E-state index in [4.69, 9.17) is 16.3 Å². The molecule has 0 bridgehead atoms. The van der Waals surface area contributed by atoms with Crippen LogP contribution in [0, 0.1) is 6.92 Å². The monoisotopic (exact) mass is 323 g/mol. The van der Waals surface area contributed by atoms with Gasteiger partial charge in [-0.25, -0.2) is 0 Å². The minimum Gasteiger partial charge on any atom is -0.495 e. The maximum absolute atomic E-state index is 12.0. The van der Waals surface area contributed by atoms with E-state index in [1.54, 1.807) is 24.5 Å². The van der Waals surface area contributed by atoms with E-state index in [1.807, 2.05) is 19.1 Å². The molecular weight excluding hydrogens is 306 g/mol. The number of hydrogen-bond donors (Lipinski definition) is 1. The number of hydrogen-bond acceptors (Lipinski definition) is 3. The summed E-state index contributed by atoms with van der Waals surface area (Å²) in [6.07, 6.45) is 2.26. The Morgan fingerprint density at radius 1 is 1.43 bits per heavy atom. The third-order valence-electron chi connectivity index (χ3n) is 3.16. The van der Waals surface area contributed by atoms with Crippen molar-refractivity contribution in [2.75, 3.05) is 12.4 Å². The fraction of sp³-hybridized carbons (Fsp3) is 0.312. The minimum absolute atomic E-state index is 0.00780. The average molecular weight is 324 g/mol. The van der Waals surface area contributed by atoms with Crippen molar-refractivity contribution in [1.82, 2.24) is 0 Å². The van der Waals surface area contributed by atoms with Gasteiger partial charge in [-0.05, 0) is 42.8 Å². The highest BCUT2D eigenvalue weighted by atomic mass is 35.5. The van der Waals surface area contributed by atoms with Crippen molar-refractivity contribution in [2.24, 2.45) is 0 Å².